The average Bonchev–Trinajstić information content (AvgIpc) is 2.26. The molecule has 0 radical (unpaired) electrons. The van der Waals surface area contributed by atoms with Crippen LogP contribution in [0.1, 0.15) is 41.3 Å². The molecule has 0 unspecified atom stereocenters. The van der Waals surface area contributed by atoms with Gasteiger partial charge < -0.3 is 11.1 Å². The molecule has 0 aliphatic carbocycles. The van der Waals surface area contributed by atoms with Crippen LogP contribution in [-0.2, 0) is 0 Å². The third kappa shape index (κ3) is 3.07. The summed E-state index contributed by atoms with van der Waals surface area (Å²) in [5.41, 5.74) is 8.29. The number of benzene rings is 1. The van der Waals surface area contributed by atoms with Crippen molar-refractivity contribution in [1.29, 1.82) is 0 Å². The Bertz CT molecular complexity index is 372. The van der Waals surface area contributed by atoms with E-state index >= 15 is 0 Å². The largest absolute Gasteiger partial charge is 0.351 e. The first-order valence-corrected chi connectivity index (χ1v) is 5.65. The van der Waals surface area contributed by atoms with Gasteiger partial charge in [0.1, 0.15) is 0 Å². The van der Waals surface area contributed by atoms with E-state index < -0.39 is 0 Å². The summed E-state index contributed by atoms with van der Waals surface area (Å²) >= 11 is 0. The fourth-order valence-electron chi connectivity index (χ4n) is 1.52. The molecule has 1 amide bonds. The lowest BCUT2D eigenvalue weighted by atomic mass is 9.97. The van der Waals surface area contributed by atoms with Crippen LogP contribution in [0.2, 0.25) is 0 Å². The normalized spacial score (nSPS) is 10.6. The van der Waals surface area contributed by atoms with Gasteiger partial charge in [0.05, 0.1) is 0 Å². The third-order valence-electron chi connectivity index (χ3n) is 2.60. The molecule has 88 valence electrons. The molecule has 1 aromatic carbocycles. The minimum atomic E-state index is -0.0366. The number of hydrogen-bond acceptors (Lipinski definition) is 2. The molecule has 0 bridgehead atoms. The average molecular weight is 220 g/mol. The van der Waals surface area contributed by atoms with Gasteiger partial charge in [0.25, 0.3) is 5.91 Å². The van der Waals surface area contributed by atoms with E-state index in [4.69, 9.17) is 5.73 Å². The van der Waals surface area contributed by atoms with Gasteiger partial charge in [-0.05, 0) is 30.0 Å². The summed E-state index contributed by atoms with van der Waals surface area (Å²) in [7, 11) is 0. The van der Waals surface area contributed by atoms with Crippen LogP contribution in [0.3, 0.4) is 0 Å². The molecule has 0 heterocycles. The number of amides is 1. The minimum absolute atomic E-state index is 0.0366. The van der Waals surface area contributed by atoms with E-state index in [1.807, 2.05) is 19.1 Å². The van der Waals surface area contributed by atoms with Gasteiger partial charge in [0, 0.05) is 18.7 Å². The first-order valence-electron chi connectivity index (χ1n) is 5.65. The Labute approximate surface area is 97.0 Å². The molecule has 3 N–H and O–H groups in total. The number of nitrogens with two attached hydrogens (primary N) is 1. The molecule has 1 aromatic rings. The Hall–Kier alpha value is -1.35. The summed E-state index contributed by atoms with van der Waals surface area (Å²) in [5.74, 6) is 0.395. The number of carbonyl (C=O) groups is 1. The van der Waals surface area contributed by atoms with E-state index in [1.54, 1.807) is 0 Å². The van der Waals surface area contributed by atoms with Crippen molar-refractivity contribution >= 4 is 5.91 Å². The van der Waals surface area contributed by atoms with Crippen molar-refractivity contribution < 1.29 is 4.79 Å². The fourth-order valence-corrected chi connectivity index (χ4v) is 1.52. The zero-order chi connectivity index (χ0) is 12.1. The molecule has 0 aliphatic rings. The van der Waals surface area contributed by atoms with Crippen LogP contribution in [-0.4, -0.2) is 19.0 Å². The standard InChI is InChI=1S/C13H20N2O/c1-9(2)11-5-4-10(3)12(8-11)13(16)15-7-6-14/h4-5,8-9H,6-7,14H2,1-3H3,(H,15,16). The summed E-state index contributed by atoms with van der Waals surface area (Å²) < 4.78 is 0. The zero-order valence-electron chi connectivity index (χ0n) is 10.2. The predicted molar refractivity (Wildman–Crippen MR) is 66.7 cm³/mol. The van der Waals surface area contributed by atoms with E-state index in [2.05, 4.69) is 25.2 Å². The van der Waals surface area contributed by atoms with Crippen molar-refractivity contribution in [2.75, 3.05) is 13.1 Å². The van der Waals surface area contributed by atoms with Crippen LogP contribution in [0.15, 0.2) is 18.2 Å². The second-order valence-electron chi connectivity index (χ2n) is 4.27. The van der Waals surface area contributed by atoms with Crippen LogP contribution >= 0.6 is 0 Å². The Kier molecular flexibility index (Phi) is 4.50. The van der Waals surface area contributed by atoms with Gasteiger partial charge in [-0.25, -0.2) is 0 Å². The molecule has 0 aliphatic heterocycles. The maximum Gasteiger partial charge on any atom is 0.251 e. The molecule has 1 rings (SSSR count). The first-order chi connectivity index (χ1) is 7.56. The molecular formula is C13H20N2O. The smallest absolute Gasteiger partial charge is 0.251 e. The summed E-state index contributed by atoms with van der Waals surface area (Å²) in [5, 5.41) is 2.79. The van der Waals surface area contributed by atoms with Crippen molar-refractivity contribution in [3.63, 3.8) is 0 Å². The number of hydrogen-bond donors (Lipinski definition) is 2. The molecule has 16 heavy (non-hydrogen) atoms. The minimum Gasteiger partial charge on any atom is -0.351 e. The van der Waals surface area contributed by atoms with Crippen LogP contribution in [0, 0.1) is 6.92 Å². The highest BCUT2D eigenvalue weighted by Crippen LogP contribution is 2.18. The molecule has 0 atom stereocenters. The molecule has 0 spiro atoms. The molecule has 0 saturated heterocycles. The van der Waals surface area contributed by atoms with Gasteiger partial charge in [0.2, 0.25) is 0 Å². The lowest BCUT2D eigenvalue weighted by Gasteiger charge is -2.11. The Morgan fingerprint density at radius 3 is 2.69 bits per heavy atom. The Balaban J connectivity index is 2.93. The van der Waals surface area contributed by atoms with Gasteiger partial charge >= 0.3 is 0 Å². The van der Waals surface area contributed by atoms with Gasteiger partial charge in [-0.15, -0.1) is 0 Å². The second-order valence-corrected chi connectivity index (χ2v) is 4.27. The molecular weight excluding hydrogens is 200 g/mol. The maximum absolute atomic E-state index is 11.8. The monoisotopic (exact) mass is 220 g/mol. The summed E-state index contributed by atoms with van der Waals surface area (Å²) in [6.45, 7) is 7.17. The molecule has 3 heteroatoms. The van der Waals surface area contributed by atoms with Gasteiger partial charge in [0.15, 0.2) is 0 Å². The lowest BCUT2D eigenvalue weighted by molar-refractivity contribution is 0.0954. The van der Waals surface area contributed by atoms with E-state index in [1.165, 1.54) is 5.56 Å². The predicted octanol–water partition coefficient (Wildman–Crippen LogP) is 1.81. The van der Waals surface area contributed by atoms with E-state index in [0.717, 1.165) is 11.1 Å². The van der Waals surface area contributed by atoms with Crippen molar-refractivity contribution in [2.45, 2.75) is 26.7 Å². The highest BCUT2D eigenvalue weighted by Gasteiger charge is 2.10. The topological polar surface area (TPSA) is 55.1 Å². The van der Waals surface area contributed by atoms with Crippen LogP contribution < -0.4 is 11.1 Å². The highest BCUT2D eigenvalue weighted by atomic mass is 16.1. The van der Waals surface area contributed by atoms with E-state index in [9.17, 15) is 4.79 Å². The van der Waals surface area contributed by atoms with Gasteiger partial charge in [-0.1, -0.05) is 26.0 Å². The lowest BCUT2D eigenvalue weighted by Crippen LogP contribution is -2.29. The highest BCUT2D eigenvalue weighted by molar-refractivity contribution is 5.95. The zero-order valence-corrected chi connectivity index (χ0v) is 10.2. The quantitative estimate of drug-likeness (QED) is 0.813. The Morgan fingerprint density at radius 2 is 2.12 bits per heavy atom. The number of aryl methyl sites for hydroxylation is 1. The Morgan fingerprint density at radius 1 is 1.44 bits per heavy atom. The van der Waals surface area contributed by atoms with Crippen LogP contribution in [0.4, 0.5) is 0 Å². The van der Waals surface area contributed by atoms with Crippen molar-refractivity contribution in [3.8, 4) is 0 Å². The van der Waals surface area contributed by atoms with Crippen LogP contribution in [0.5, 0.6) is 0 Å². The van der Waals surface area contributed by atoms with Gasteiger partial charge in [-0.3, -0.25) is 4.79 Å². The summed E-state index contributed by atoms with van der Waals surface area (Å²) in [6, 6.07) is 6.03. The maximum atomic E-state index is 11.8. The third-order valence-corrected chi connectivity index (χ3v) is 2.60. The number of rotatable bonds is 4. The SMILES string of the molecule is Cc1ccc(C(C)C)cc1C(=O)NCCN. The number of carbonyl (C=O) groups excluding carboxylic acids is 1. The van der Waals surface area contributed by atoms with Crippen LogP contribution in [0.25, 0.3) is 0 Å². The number of nitrogens with one attached hydrogen (secondary N) is 1. The van der Waals surface area contributed by atoms with Crippen molar-refractivity contribution in [2.24, 2.45) is 5.73 Å². The first kappa shape index (κ1) is 12.7. The van der Waals surface area contributed by atoms with Crippen molar-refractivity contribution in [1.82, 2.24) is 5.32 Å². The molecule has 3 nitrogen and oxygen atoms in total. The van der Waals surface area contributed by atoms with Crippen molar-refractivity contribution in [3.05, 3.63) is 34.9 Å². The molecule has 0 fully saturated rings. The molecule has 0 saturated carbocycles. The summed E-state index contributed by atoms with van der Waals surface area (Å²) in [4.78, 5) is 11.8. The van der Waals surface area contributed by atoms with E-state index in [0.29, 0.717) is 19.0 Å². The second kappa shape index (κ2) is 5.66. The van der Waals surface area contributed by atoms with Gasteiger partial charge in [-0.2, -0.15) is 0 Å². The van der Waals surface area contributed by atoms with E-state index in [-0.39, 0.29) is 5.91 Å². The summed E-state index contributed by atoms with van der Waals surface area (Å²) in [6.07, 6.45) is 0. The fraction of sp³-hybridized carbons (Fsp3) is 0.462. The molecule has 0 aromatic heterocycles.